The smallest absolute Gasteiger partial charge is 0.240 e. The number of aromatic nitrogens is 4. The topological polar surface area (TPSA) is 106 Å². The lowest BCUT2D eigenvalue weighted by molar-refractivity contribution is 0.154. The van der Waals surface area contributed by atoms with Gasteiger partial charge in [-0.1, -0.05) is 0 Å². The van der Waals surface area contributed by atoms with Crippen LogP contribution in [-0.4, -0.2) is 89.9 Å². The van der Waals surface area contributed by atoms with Crippen molar-refractivity contribution in [2.45, 2.75) is 6.42 Å². The van der Waals surface area contributed by atoms with Crippen molar-refractivity contribution in [2.24, 2.45) is 0 Å². The van der Waals surface area contributed by atoms with Gasteiger partial charge in [0.25, 0.3) is 0 Å². The molecule has 0 atom stereocenters. The molecular weight excluding hydrogens is 396 g/mol. The number of piperazine rings is 1. The van der Waals surface area contributed by atoms with E-state index in [4.69, 9.17) is 15.2 Å². The van der Waals surface area contributed by atoms with E-state index in [1.165, 1.54) is 0 Å². The van der Waals surface area contributed by atoms with E-state index in [2.05, 4.69) is 37.2 Å². The van der Waals surface area contributed by atoms with Crippen LogP contribution in [-0.2, 0) is 0 Å². The number of fused-ring (bicyclic) bond motifs is 1. The highest BCUT2D eigenvalue weighted by Crippen LogP contribution is 2.30. The minimum absolute atomic E-state index is 0.199. The predicted octanol–water partition coefficient (Wildman–Crippen LogP) is 1.44. The summed E-state index contributed by atoms with van der Waals surface area (Å²) in [4.78, 5) is 13.9. The number of benzene rings is 1. The molecule has 1 aliphatic rings. The summed E-state index contributed by atoms with van der Waals surface area (Å²) in [6, 6.07) is 5.63. The molecule has 0 spiro atoms. The van der Waals surface area contributed by atoms with Gasteiger partial charge in [-0.3, -0.25) is 0 Å². The highest BCUT2D eigenvalue weighted by Gasteiger charge is 2.16. The molecule has 0 unspecified atom stereocenters. The van der Waals surface area contributed by atoms with Gasteiger partial charge in [0, 0.05) is 44.4 Å². The summed E-state index contributed by atoms with van der Waals surface area (Å²) < 4.78 is 12.5. The van der Waals surface area contributed by atoms with Gasteiger partial charge in [-0.25, -0.2) is 9.50 Å². The lowest BCUT2D eigenvalue weighted by atomic mass is 10.1. The molecule has 3 heterocycles. The Kier molecular flexibility index (Phi) is 6.38. The molecule has 0 saturated carbocycles. The normalized spacial score (nSPS) is 15.3. The largest absolute Gasteiger partial charge is 0.497 e. The number of hydrogen-bond acceptors (Lipinski definition) is 9. The van der Waals surface area contributed by atoms with E-state index in [0.717, 1.165) is 56.9 Å². The number of ether oxygens (including phenoxy) is 2. The van der Waals surface area contributed by atoms with Crippen LogP contribution >= 0.6 is 0 Å². The van der Waals surface area contributed by atoms with E-state index >= 15 is 0 Å². The van der Waals surface area contributed by atoms with Crippen LogP contribution in [0.4, 0.5) is 11.8 Å². The fraction of sp³-hybridized carbons (Fsp3) is 0.476. The molecule has 10 heteroatoms. The number of rotatable bonds is 8. The SMILES string of the molecule is COc1cc(OC)cc(-c2cnc(NCCCN3CCN(C)CC3)c3nc(N)nn23)c1. The van der Waals surface area contributed by atoms with Gasteiger partial charge < -0.3 is 30.3 Å². The Balaban J connectivity index is 1.51. The number of nitrogens with zero attached hydrogens (tertiary/aromatic N) is 6. The average molecular weight is 427 g/mol. The van der Waals surface area contributed by atoms with Gasteiger partial charge in [-0.05, 0) is 32.1 Å². The third-order valence-electron chi connectivity index (χ3n) is 5.57. The standard InChI is InChI=1S/C21H30N8O2/c1-27-7-9-28(10-8-27)6-4-5-23-19-20-25-21(22)26-29(20)18(14-24-19)15-11-16(30-2)13-17(12-15)31-3/h11-14H,4-10H2,1-3H3,(H2,22,26)(H,23,24). The number of nitrogens with two attached hydrogens (primary N) is 1. The van der Waals surface area contributed by atoms with Gasteiger partial charge in [0.05, 0.1) is 26.1 Å². The van der Waals surface area contributed by atoms with Crippen LogP contribution in [0.25, 0.3) is 16.9 Å². The number of likely N-dealkylation sites (N-methyl/N-ethyl adjacent to an activating group) is 1. The Hall–Kier alpha value is -3.11. The number of methoxy groups -OCH3 is 2. The van der Waals surface area contributed by atoms with Crippen LogP contribution in [0, 0.1) is 0 Å². The summed E-state index contributed by atoms with van der Waals surface area (Å²) >= 11 is 0. The van der Waals surface area contributed by atoms with Crippen molar-refractivity contribution < 1.29 is 9.47 Å². The van der Waals surface area contributed by atoms with E-state index < -0.39 is 0 Å². The van der Waals surface area contributed by atoms with Crippen LogP contribution in [0.1, 0.15) is 6.42 Å². The van der Waals surface area contributed by atoms with Crippen molar-refractivity contribution in [3.63, 3.8) is 0 Å². The second-order valence-electron chi connectivity index (χ2n) is 7.72. The molecule has 0 amide bonds. The van der Waals surface area contributed by atoms with Gasteiger partial charge in [0.1, 0.15) is 11.5 Å². The van der Waals surface area contributed by atoms with Gasteiger partial charge >= 0.3 is 0 Å². The zero-order chi connectivity index (χ0) is 21.8. The Morgan fingerprint density at radius 2 is 1.77 bits per heavy atom. The summed E-state index contributed by atoms with van der Waals surface area (Å²) in [5.41, 5.74) is 8.11. The summed E-state index contributed by atoms with van der Waals surface area (Å²) in [5.74, 6) is 2.23. The van der Waals surface area contributed by atoms with Crippen LogP contribution in [0.3, 0.4) is 0 Å². The highest BCUT2D eigenvalue weighted by molar-refractivity contribution is 5.72. The quantitative estimate of drug-likeness (QED) is 0.518. The molecule has 1 fully saturated rings. The zero-order valence-electron chi connectivity index (χ0n) is 18.3. The van der Waals surface area contributed by atoms with E-state index in [9.17, 15) is 0 Å². The lowest BCUT2D eigenvalue weighted by Gasteiger charge is -2.32. The molecule has 3 N–H and O–H groups in total. The maximum atomic E-state index is 5.92. The third kappa shape index (κ3) is 4.80. The summed E-state index contributed by atoms with van der Waals surface area (Å²) in [5, 5.41) is 7.78. The first kappa shape index (κ1) is 21.1. The van der Waals surface area contributed by atoms with Gasteiger partial charge in [0.15, 0.2) is 5.82 Å². The van der Waals surface area contributed by atoms with Crippen molar-refractivity contribution in [1.29, 1.82) is 0 Å². The third-order valence-corrected chi connectivity index (χ3v) is 5.57. The first-order valence-electron chi connectivity index (χ1n) is 10.5. The monoisotopic (exact) mass is 426 g/mol. The molecule has 1 aromatic carbocycles. The molecule has 2 aromatic heterocycles. The van der Waals surface area contributed by atoms with Crippen molar-refractivity contribution >= 4 is 17.4 Å². The minimum Gasteiger partial charge on any atom is -0.497 e. The van der Waals surface area contributed by atoms with Crippen molar-refractivity contribution in [1.82, 2.24) is 29.4 Å². The predicted molar refractivity (Wildman–Crippen MR) is 121 cm³/mol. The summed E-state index contributed by atoms with van der Waals surface area (Å²) in [6.07, 6.45) is 2.79. The number of nitrogens with one attached hydrogen (secondary N) is 1. The zero-order valence-corrected chi connectivity index (χ0v) is 18.3. The molecule has 1 saturated heterocycles. The Morgan fingerprint density at radius 1 is 1.06 bits per heavy atom. The molecular formula is C21H30N8O2. The van der Waals surface area contributed by atoms with E-state index in [1.807, 2.05) is 18.2 Å². The Labute approximate surface area is 182 Å². The highest BCUT2D eigenvalue weighted by atomic mass is 16.5. The molecule has 10 nitrogen and oxygen atoms in total. The maximum absolute atomic E-state index is 5.92. The van der Waals surface area contributed by atoms with Crippen LogP contribution in [0.2, 0.25) is 0 Å². The Morgan fingerprint density at radius 3 is 2.45 bits per heavy atom. The molecule has 0 bridgehead atoms. The van der Waals surface area contributed by atoms with Crippen LogP contribution in [0.5, 0.6) is 11.5 Å². The minimum atomic E-state index is 0.199. The molecule has 1 aliphatic heterocycles. The van der Waals surface area contributed by atoms with Crippen molar-refractivity contribution in [2.75, 3.05) is 71.6 Å². The number of anilines is 2. The summed E-state index contributed by atoms with van der Waals surface area (Å²) in [7, 11) is 5.41. The van der Waals surface area contributed by atoms with Gasteiger partial charge in [-0.15, -0.1) is 5.10 Å². The van der Waals surface area contributed by atoms with E-state index in [0.29, 0.717) is 23.0 Å². The fourth-order valence-corrected chi connectivity index (χ4v) is 3.75. The second-order valence-corrected chi connectivity index (χ2v) is 7.72. The van der Waals surface area contributed by atoms with Gasteiger partial charge in [0.2, 0.25) is 11.6 Å². The molecule has 31 heavy (non-hydrogen) atoms. The van der Waals surface area contributed by atoms with Crippen LogP contribution in [0.15, 0.2) is 24.4 Å². The Bertz CT molecular complexity index is 1010. The number of nitrogen functional groups attached to an aromatic ring is 1. The first-order chi connectivity index (χ1) is 15.1. The molecule has 166 valence electrons. The summed E-state index contributed by atoms with van der Waals surface area (Å²) in [6.45, 7) is 6.37. The molecule has 4 rings (SSSR count). The molecule has 3 aromatic rings. The molecule has 0 radical (unpaired) electrons. The number of hydrogen-bond donors (Lipinski definition) is 2. The fourth-order valence-electron chi connectivity index (χ4n) is 3.75. The van der Waals surface area contributed by atoms with Crippen LogP contribution < -0.4 is 20.5 Å². The average Bonchev–Trinajstić information content (AvgIpc) is 3.19. The van der Waals surface area contributed by atoms with Gasteiger partial charge in [-0.2, -0.15) is 4.98 Å². The second kappa shape index (κ2) is 9.36. The van der Waals surface area contributed by atoms with E-state index in [1.54, 1.807) is 24.9 Å². The van der Waals surface area contributed by atoms with Crippen molar-refractivity contribution in [3.8, 4) is 22.8 Å². The lowest BCUT2D eigenvalue weighted by Crippen LogP contribution is -2.44. The van der Waals surface area contributed by atoms with Crippen molar-refractivity contribution in [3.05, 3.63) is 24.4 Å². The molecule has 0 aliphatic carbocycles. The maximum Gasteiger partial charge on any atom is 0.240 e. The first-order valence-corrected chi connectivity index (χ1v) is 10.5. The van der Waals surface area contributed by atoms with E-state index in [-0.39, 0.29) is 5.95 Å².